The summed E-state index contributed by atoms with van der Waals surface area (Å²) in [5.74, 6) is 0.0791. The van der Waals surface area contributed by atoms with Gasteiger partial charge in [-0.15, -0.1) is 0 Å². The maximum atomic E-state index is 5.37. The summed E-state index contributed by atoms with van der Waals surface area (Å²) in [6.45, 7) is 6.39. The second kappa shape index (κ2) is 5.14. The van der Waals surface area contributed by atoms with Crippen LogP contribution in [0.4, 0.5) is 5.69 Å². The van der Waals surface area contributed by atoms with Gasteiger partial charge in [0, 0.05) is 0 Å². The van der Waals surface area contributed by atoms with Gasteiger partial charge in [0.25, 0.3) is 0 Å². The zero-order valence-corrected chi connectivity index (χ0v) is 11.6. The predicted octanol–water partition coefficient (Wildman–Crippen LogP) is 3.18. The first kappa shape index (κ1) is 13.1. The molecule has 0 bridgehead atoms. The number of rotatable bonds is 2. The lowest BCUT2D eigenvalue weighted by molar-refractivity contribution is 1.32. The maximum absolute atomic E-state index is 5.37. The lowest BCUT2D eigenvalue weighted by Gasteiger charge is -2.11. The Morgan fingerprint density at radius 1 is 0.895 bits per heavy atom. The monoisotopic (exact) mass is 253 g/mol. The van der Waals surface area contributed by atoms with Crippen LogP contribution in [0.5, 0.6) is 0 Å². The van der Waals surface area contributed by atoms with E-state index in [0.717, 1.165) is 5.69 Å². The number of aliphatic imine (C=N–C) groups is 1. The van der Waals surface area contributed by atoms with E-state index in [0.29, 0.717) is 0 Å². The van der Waals surface area contributed by atoms with Gasteiger partial charge in [0.1, 0.15) is 0 Å². The third-order valence-corrected chi connectivity index (χ3v) is 3.09. The van der Waals surface area contributed by atoms with Crippen LogP contribution in [0.1, 0.15) is 16.7 Å². The Balaban J connectivity index is 2.46. The molecule has 0 saturated heterocycles. The number of hydrogen-bond donors (Lipinski definition) is 2. The van der Waals surface area contributed by atoms with Crippen molar-refractivity contribution in [1.82, 2.24) is 0 Å². The van der Waals surface area contributed by atoms with Crippen molar-refractivity contribution in [3.63, 3.8) is 0 Å². The molecule has 0 aliphatic rings. The average molecular weight is 253 g/mol. The van der Waals surface area contributed by atoms with Gasteiger partial charge < -0.3 is 11.5 Å². The highest BCUT2D eigenvalue weighted by molar-refractivity contribution is 5.79. The first-order valence-electron chi connectivity index (χ1n) is 6.25. The van der Waals surface area contributed by atoms with E-state index in [2.05, 4.69) is 37.9 Å². The van der Waals surface area contributed by atoms with Crippen molar-refractivity contribution in [3.8, 4) is 11.1 Å². The molecule has 4 N–H and O–H groups in total. The fourth-order valence-electron chi connectivity index (χ4n) is 2.49. The molecule has 2 aromatic rings. The highest BCUT2D eigenvalue weighted by Gasteiger charge is 2.06. The Morgan fingerprint density at radius 3 is 1.89 bits per heavy atom. The van der Waals surface area contributed by atoms with Crippen molar-refractivity contribution in [3.05, 3.63) is 53.1 Å². The van der Waals surface area contributed by atoms with Crippen molar-refractivity contribution >= 4 is 11.6 Å². The van der Waals surface area contributed by atoms with E-state index in [4.69, 9.17) is 11.5 Å². The molecule has 0 fully saturated rings. The van der Waals surface area contributed by atoms with Gasteiger partial charge in [0.05, 0.1) is 5.69 Å². The van der Waals surface area contributed by atoms with E-state index in [9.17, 15) is 0 Å². The standard InChI is InChI=1S/C16H19N3/c1-10-8-11(2)15(12(3)9-10)13-4-6-14(7-5-13)19-16(17)18/h4-9H,1-3H3,(H4,17,18,19). The van der Waals surface area contributed by atoms with Crippen LogP contribution in [0.3, 0.4) is 0 Å². The molecule has 0 radical (unpaired) electrons. The zero-order valence-electron chi connectivity index (χ0n) is 11.6. The Kier molecular flexibility index (Phi) is 3.56. The second-order valence-electron chi connectivity index (χ2n) is 4.86. The van der Waals surface area contributed by atoms with Crippen LogP contribution in [0.2, 0.25) is 0 Å². The van der Waals surface area contributed by atoms with Crippen LogP contribution in [0.15, 0.2) is 41.4 Å². The van der Waals surface area contributed by atoms with Gasteiger partial charge in [0.2, 0.25) is 0 Å². The van der Waals surface area contributed by atoms with Gasteiger partial charge in [-0.3, -0.25) is 0 Å². The molecule has 0 aliphatic carbocycles. The highest BCUT2D eigenvalue weighted by Crippen LogP contribution is 2.29. The Hall–Kier alpha value is -2.29. The quantitative estimate of drug-likeness (QED) is 0.637. The van der Waals surface area contributed by atoms with Gasteiger partial charge in [0.15, 0.2) is 5.96 Å². The zero-order chi connectivity index (χ0) is 14.0. The third kappa shape index (κ3) is 2.94. The SMILES string of the molecule is Cc1cc(C)c(-c2ccc(N=C(N)N)cc2)c(C)c1. The molecule has 0 heterocycles. The lowest BCUT2D eigenvalue weighted by atomic mass is 9.94. The lowest BCUT2D eigenvalue weighted by Crippen LogP contribution is -2.21. The number of hydrogen-bond acceptors (Lipinski definition) is 1. The highest BCUT2D eigenvalue weighted by atomic mass is 15.0. The van der Waals surface area contributed by atoms with E-state index < -0.39 is 0 Å². The number of nitrogens with two attached hydrogens (primary N) is 2. The number of nitrogens with zero attached hydrogens (tertiary/aromatic N) is 1. The molecule has 19 heavy (non-hydrogen) atoms. The summed E-state index contributed by atoms with van der Waals surface area (Å²) < 4.78 is 0. The van der Waals surface area contributed by atoms with Crippen molar-refractivity contribution in [1.29, 1.82) is 0 Å². The summed E-state index contributed by atoms with van der Waals surface area (Å²) in [5, 5.41) is 0. The van der Waals surface area contributed by atoms with Crippen LogP contribution in [-0.4, -0.2) is 5.96 Å². The van der Waals surface area contributed by atoms with Crippen LogP contribution in [-0.2, 0) is 0 Å². The van der Waals surface area contributed by atoms with Crippen molar-refractivity contribution < 1.29 is 0 Å². The van der Waals surface area contributed by atoms with E-state index >= 15 is 0 Å². The summed E-state index contributed by atoms with van der Waals surface area (Å²) >= 11 is 0. The van der Waals surface area contributed by atoms with Gasteiger partial charge in [-0.25, -0.2) is 4.99 Å². The fraction of sp³-hybridized carbons (Fsp3) is 0.188. The summed E-state index contributed by atoms with van der Waals surface area (Å²) in [6.07, 6.45) is 0. The molecule has 3 heteroatoms. The molecule has 0 spiro atoms. The molecule has 2 rings (SSSR count). The summed E-state index contributed by atoms with van der Waals surface area (Å²) in [6, 6.07) is 12.3. The van der Waals surface area contributed by atoms with Crippen molar-refractivity contribution in [2.45, 2.75) is 20.8 Å². The average Bonchev–Trinajstić information content (AvgIpc) is 2.29. The third-order valence-electron chi connectivity index (χ3n) is 3.09. The molecule has 0 aliphatic heterocycles. The van der Waals surface area contributed by atoms with Crippen LogP contribution in [0, 0.1) is 20.8 Å². The maximum Gasteiger partial charge on any atom is 0.191 e. The van der Waals surface area contributed by atoms with Crippen LogP contribution in [0.25, 0.3) is 11.1 Å². The number of guanidine groups is 1. The van der Waals surface area contributed by atoms with Gasteiger partial charge in [-0.05, 0) is 55.2 Å². The van der Waals surface area contributed by atoms with Gasteiger partial charge in [-0.2, -0.15) is 0 Å². The molecule has 2 aromatic carbocycles. The number of aryl methyl sites for hydroxylation is 3. The van der Waals surface area contributed by atoms with E-state index in [1.165, 1.54) is 27.8 Å². The van der Waals surface area contributed by atoms with Gasteiger partial charge in [-0.1, -0.05) is 29.8 Å². The normalized spacial score (nSPS) is 10.3. The Bertz CT molecular complexity index is 598. The van der Waals surface area contributed by atoms with Gasteiger partial charge >= 0.3 is 0 Å². The molecule has 98 valence electrons. The topological polar surface area (TPSA) is 64.4 Å². The van der Waals surface area contributed by atoms with Crippen molar-refractivity contribution in [2.24, 2.45) is 16.5 Å². The second-order valence-corrected chi connectivity index (χ2v) is 4.86. The van der Waals surface area contributed by atoms with Crippen molar-refractivity contribution in [2.75, 3.05) is 0 Å². The molecule has 3 nitrogen and oxygen atoms in total. The first-order valence-corrected chi connectivity index (χ1v) is 6.25. The molecule has 0 saturated carbocycles. The smallest absolute Gasteiger partial charge is 0.191 e. The minimum Gasteiger partial charge on any atom is -0.370 e. The van der Waals surface area contributed by atoms with E-state index in [1.54, 1.807) is 0 Å². The molecular weight excluding hydrogens is 234 g/mol. The molecule has 0 amide bonds. The first-order chi connectivity index (χ1) is 8.97. The van der Waals surface area contributed by atoms with Crippen LogP contribution >= 0.6 is 0 Å². The summed E-state index contributed by atoms with van der Waals surface area (Å²) in [4.78, 5) is 4.03. The van der Waals surface area contributed by atoms with Crippen LogP contribution < -0.4 is 11.5 Å². The Labute approximate surface area is 114 Å². The largest absolute Gasteiger partial charge is 0.370 e. The minimum absolute atomic E-state index is 0.0791. The van der Waals surface area contributed by atoms with E-state index in [-0.39, 0.29) is 5.96 Å². The number of benzene rings is 2. The van der Waals surface area contributed by atoms with E-state index in [1.807, 2.05) is 24.3 Å². The summed E-state index contributed by atoms with van der Waals surface area (Å²) in [7, 11) is 0. The molecule has 0 atom stereocenters. The minimum atomic E-state index is 0.0791. The predicted molar refractivity (Wildman–Crippen MR) is 81.6 cm³/mol. The molecular formula is C16H19N3. The fourth-order valence-corrected chi connectivity index (χ4v) is 2.49. The summed E-state index contributed by atoms with van der Waals surface area (Å²) in [5.41, 5.74) is 17.8. The molecule has 0 unspecified atom stereocenters. The Morgan fingerprint density at radius 2 is 1.42 bits per heavy atom. The molecule has 0 aromatic heterocycles.